The van der Waals surface area contributed by atoms with Gasteiger partial charge in [-0.25, -0.2) is 0 Å². The summed E-state index contributed by atoms with van der Waals surface area (Å²) in [5, 5.41) is 0. The number of rotatable bonds is 0. The Kier molecular flexibility index (Phi) is 0.345. The molecule has 0 N–H and O–H groups in total. The Bertz CT molecular complexity index is 206. The highest BCUT2D eigenvalue weighted by atomic mass is 14.7. The monoisotopic (exact) mass is 118 g/mol. The second-order valence-corrected chi connectivity index (χ2v) is 4.26. The number of hydrogen-bond donors (Lipinski definition) is 0. The van der Waals surface area contributed by atoms with Crippen molar-refractivity contribution >= 4 is 0 Å². The normalized spacial score (nSPS) is 71.1. The largest absolute Gasteiger partial charge is 0.0810 e. The van der Waals surface area contributed by atoms with Gasteiger partial charge in [0.25, 0.3) is 0 Å². The lowest BCUT2D eigenvalue weighted by Crippen LogP contribution is -1.95. The maximum absolute atomic E-state index is 2.61. The molecule has 4 atom stereocenters. The maximum Gasteiger partial charge on any atom is -0.0131 e. The summed E-state index contributed by atoms with van der Waals surface area (Å²) in [5.74, 6) is 5.68. The lowest BCUT2D eigenvalue weighted by molar-refractivity contribution is 0.457. The van der Waals surface area contributed by atoms with Crippen molar-refractivity contribution < 1.29 is 0 Å². The molecule has 0 aromatic carbocycles. The SMILES string of the molecule is C1=C2C3CC4C1C4CC23. The first-order valence-corrected chi connectivity index (χ1v) is 4.17. The molecule has 0 aromatic rings. The Balaban J connectivity index is 2.04. The van der Waals surface area contributed by atoms with Crippen LogP contribution in [0.2, 0.25) is 0 Å². The van der Waals surface area contributed by atoms with Gasteiger partial charge < -0.3 is 0 Å². The average molecular weight is 118 g/mol. The summed E-state index contributed by atoms with van der Waals surface area (Å²) < 4.78 is 0. The van der Waals surface area contributed by atoms with Gasteiger partial charge in [-0.15, -0.1) is 0 Å². The molecule has 0 aromatic heterocycles. The molecule has 6 bridgehead atoms. The van der Waals surface area contributed by atoms with Crippen LogP contribution in [0.1, 0.15) is 12.8 Å². The fourth-order valence-corrected chi connectivity index (χ4v) is 3.45. The second-order valence-electron chi connectivity index (χ2n) is 4.26. The lowest BCUT2D eigenvalue weighted by atomic mass is 10.0. The number of allylic oxidation sites excluding steroid dienone is 2. The highest BCUT2D eigenvalue weighted by Gasteiger charge is 2.66. The van der Waals surface area contributed by atoms with Crippen LogP contribution in [0.15, 0.2) is 11.6 Å². The Morgan fingerprint density at radius 3 is 2.33 bits per heavy atom. The van der Waals surface area contributed by atoms with Crippen LogP contribution in [-0.2, 0) is 0 Å². The minimum absolute atomic E-state index is 1.09. The van der Waals surface area contributed by atoms with E-state index in [1.807, 2.05) is 5.57 Å². The first kappa shape index (κ1) is 3.80. The molecular formula is C9H10. The summed E-state index contributed by atoms with van der Waals surface area (Å²) in [6.07, 6.45) is 5.79. The quantitative estimate of drug-likeness (QED) is 0.426. The molecule has 0 amide bonds. The van der Waals surface area contributed by atoms with Crippen LogP contribution in [0.4, 0.5) is 0 Å². The predicted octanol–water partition coefficient (Wildman–Crippen LogP) is 1.83. The third-order valence-corrected chi connectivity index (χ3v) is 4.07. The first-order chi connectivity index (χ1) is 4.45. The standard InChI is InChI=1S/C9H10/c1-4-6-2-7-5(1)9(7)3-8(4)6/h1,4,6-9H,2-3H2. The van der Waals surface area contributed by atoms with Crippen molar-refractivity contribution in [2.24, 2.45) is 29.6 Å². The Hall–Kier alpha value is -0.260. The molecule has 0 spiro atoms. The van der Waals surface area contributed by atoms with E-state index in [-0.39, 0.29) is 0 Å². The fraction of sp³-hybridized carbons (Fsp3) is 0.778. The lowest BCUT2D eigenvalue weighted by Gasteiger charge is -2.03. The molecule has 0 nitrogen and oxygen atoms in total. The molecule has 46 valence electrons. The van der Waals surface area contributed by atoms with Crippen molar-refractivity contribution in [1.82, 2.24) is 0 Å². The van der Waals surface area contributed by atoms with Gasteiger partial charge in [0.1, 0.15) is 0 Å². The van der Waals surface area contributed by atoms with Gasteiger partial charge in [-0.2, -0.15) is 0 Å². The molecule has 0 radical (unpaired) electrons. The van der Waals surface area contributed by atoms with Crippen LogP contribution >= 0.6 is 0 Å². The van der Waals surface area contributed by atoms with Crippen molar-refractivity contribution in [3.8, 4) is 0 Å². The van der Waals surface area contributed by atoms with E-state index in [4.69, 9.17) is 0 Å². The van der Waals surface area contributed by atoms with Gasteiger partial charge in [-0.3, -0.25) is 0 Å². The van der Waals surface area contributed by atoms with Gasteiger partial charge in [0.05, 0.1) is 0 Å². The van der Waals surface area contributed by atoms with E-state index in [0.29, 0.717) is 0 Å². The average Bonchev–Trinajstić information content (AvgIpc) is 2.74. The smallest absolute Gasteiger partial charge is 0.0131 e. The summed E-state index contributed by atoms with van der Waals surface area (Å²) in [6, 6.07) is 0. The van der Waals surface area contributed by atoms with Crippen LogP contribution in [0.25, 0.3) is 0 Å². The third-order valence-electron chi connectivity index (χ3n) is 4.07. The minimum atomic E-state index is 1.09. The fourth-order valence-electron chi connectivity index (χ4n) is 3.45. The summed E-state index contributed by atoms with van der Waals surface area (Å²) in [6.45, 7) is 0. The molecule has 0 aliphatic heterocycles. The molecule has 0 heterocycles. The van der Waals surface area contributed by atoms with Crippen molar-refractivity contribution in [2.75, 3.05) is 0 Å². The van der Waals surface area contributed by atoms with E-state index in [2.05, 4.69) is 6.08 Å². The number of hydrogen-bond acceptors (Lipinski definition) is 0. The van der Waals surface area contributed by atoms with Gasteiger partial charge in [-0.05, 0) is 42.4 Å². The molecule has 3 saturated carbocycles. The highest BCUT2D eigenvalue weighted by Crippen LogP contribution is 2.74. The van der Waals surface area contributed by atoms with Crippen LogP contribution < -0.4 is 0 Å². The molecule has 0 saturated heterocycles. The van der Waals surface area contributed by atoms with E-state index >= 15 is 0 Å². The van der Waals surface area contributed by atoms with Crippen molar-refractivity contribution in [3.63, 3.8) is 0 Å². The molecule has 4 unspecified atom stereocenters. The topological polar surface area (TPSA) is 0 Å². The maximum atomic E-state index is 2.61. The van der Waals surface area contributed by atoms with Crippen LogP contribution in [0, 0.1) is 29.6 Å². The van der Waals surface area contributed by atoms with Crippen LogP contribution in [0.3, 0.4) is 0 Å². The van der Waals surface area contributed by atoms with Crippen molar-refractivity contribution in [1.29, 1.82) is 0 Å². The van der Waals surface area contributed by atoms with Gasteiger partial charge in [0.2, 0.25) is 0 Å². The minimum Gasteiger partial charge on any atom is -0.0810 e. The second kappa shape index (κ2) is 0.817. The van der Waals surface area contributed by atoms with Gasteiger partial charge in [-0.1, -0.05) is 11.6 Å². The zero-order chi connectivity index (χ0) is 5.59. The van der Waals surface area contributed by atoms with E-state index in [0.717, 1.165) is 17.8 Å². The third kappa shape index (κ3) is 0.253. The molecule has 5 aliphatic rings. The predicted molar refractivity (Wildman–Crippen MR) is 34.8 cm³/mol. The summed E-state index contributed by atoms with van der Waals surface area (Å²) in [4.78, 5) is 0. The Labute approximate surface area is 54.9 Å². The van der Waals surface area contributed by atoms with E-state index in [9.17, 15) is 0 Å². The Morgan fingerprint density at radius 2 is 1.78 bits per heavy atom. The summed E-state index contributed by atoms with van der Waals surface area (Å²) >= 11 is 0. The van der Waals surface area contributed by atoms with Crippen molar-refractivity contribution in [3.05, 3.63) is 11.6 Å². The van der Waals surface area contributed by atoms with E-state index < -0.39 is 0 Å². The molecule has 9 heavy (non-hydrogen) atoms. The molecule has 5 rings (SSSR count). The first-order valence-electron chi connectivity index (χ1n) is 4.17. The van der Waals surface area contributed by atoms with E-state index in [1.165, 1.54) is 11.8 Å². The van der Waals surface area contributed by atoms with Gasteiger partial charge in [0, 0.05) is 0 Å². The van der Waals surface area contributed by atoms with E-state index in [1.54, 1.807) is 12.8 Å². The van der Waals surface area contributed by atoms with Crippen LogP contribution in [0.5, 0.6) is 0 Å². The zero-order valence-electron chi connectivity index (χ0n) is 5.38. The van der Waals surface area contributed by atoms with Gasteiger partial charge >= 0.3 is 0 Å². The van der Waals surface area contributed by atoms with Crippen molar-refractivity contribution in [2.45, 2.75) is 12.8 Å². The molecule has 3 fully saturated rings. The van der Waals surface area contributed by atoms with Crippen LogP contribution in [-0.4, -0.2) is 0 Å². The summed E-state index contributed by atoms with van der Waals surface area (Å²) in [5.41, 5.74) is 1.87. The molecule has 0 heteroatoms. The summed E-state index contributed by atoms with van der Waals surface area (Å²) in [7, 11) is 0. The Morgan fingerprint density at radius 1 is 1.11 bits per heavy atom. The molecular weight excluding hydrogens is 108 g/mol. The highest BCUT2D eigenvalue weighted by molar-refractivity contribution is 5.42. The van der Waals surface area contributed by atoms with Gasteiger partial charge in [0.15, 0.2) is 0 Å². The zero-order valence-corrected chi connectivity index (χ0v) is 5.38. The molecule has 5 aliphatic carbocycles.